The molecule has 7 nitrogen and oxygen atoms in total. The van der Waals surface area contributed by atoms with Crippen LogP contribution in [0.15, 0.2) is 53.4 Å². The molecule has 12 heteroatoms. The van der Waals surface area contributed by atoms with Crippen LogP contribution < -0.4 is 0 Å². The fraction of sp³-hybridized carbons (Fsp3) is 0.357. The van der Waals surface area contributed by atoms with E-state index in [4.69, 9.17) is 17.0 Å². The van der Waals surface area contributed by atoms with Crippen molar-refractivity contribution in [1.82, 2.24) is 14.7 Å². The molecular weight excluding hydrogens is 563 g/mol. The van der Waals surface area contributed by atoms with Gasteiger partial charge >= 0.3 is 12.3 Å². The Bertz CT molecular complexity index is 1350. The third-order valence-electron chi connectivity index (χ3n) is 6.15. The van der Waals surface area contributed by atoms with E-state index in [1.54, 1.807) is 60.9 Å². The zero-order valence-electron chi connectivity index (χ0n) is 22.2. The number of carbonyl (C=O) groups excluding carboxylic acids is 3. The Morgan fingerprint density at radius 3 is 2.23 bits per heavy atom. The lowest BCUT2D eigenvalue weighted by Gasteiger charge is -2.35. The summed E-state index contributed by atoms with van der Waals surface area (Å²) in [6.07, 6.45) is -3.20. The summed E-state index contributed by atoms with van der Waals surface area (Å²) in [5, 5.41) is 0. The second-order valence-electron chi connectivity index (χ2n) is 10.3. The van der Waals surface area contributed by atoms with Gasteiger partial charge < -0.3 is 14.5 Å². The van der Waals surface area contributed by atoms with Crippen molar-refractivity contribution >= 4 is 52.3 Å². The third kappa shape index (κ3) is 7.22. The van der Waals surface area contributed by atoms with Gasteiger partial charge in [0.15, 0.2) is 0 Å². The van der Waals surface area contributed by atoms with Crippen molar-refractivity contribution in [3.63, 3.8) is 0 Å². The van der Waals surface area contributed by atoms with Gasteiger partial charge in [0.1, 0.15) is 9.92 Å². The Morgan fingerprint density at radius 1 is 1.00 bits per heavy atom. The number of carbonyl (C=O) groups is 3. The maximum atomic E-state index is 13.2. The number of thiocarbonyl (C=S) groups is 1. The third-order valence-corrected chi connectivity index (χ3v) is 7.52. The first-order valence-corrected chi connectivity index (χ1v) is 13.7. The molecule has 212 valence electrons. The van der Waals surface area contributed by atoms with Crippen molar-refractivity contribution < 1.29 is 32.3 Å². The SMILES string of the molecule is CC(C)(C)OC(=O)N1CCN(C(=O)c2cccc(/C=C3\SC(=S)N(Cc4ccc(C(F)(F)F)cc4)C3=O)c2)CC1. The molecule has 4 rings (SSSR count). The fourth-order valence-corrected chi connectivity index (χ4v) is 5.39. The average Bonchev–Trinajstić information content (AvgIpc) is 3.14. The van der Waals surface area contributed by atoms with Crippen molar-refractivity contribution in [3.05, 3.63) is 75.7 Å². The van der Waals surface area contributed by atoms with E-state index < -0.39 is 23.4 Å². The van der Waals surface area contributed by atoms with E-state index in [1.165, 1.54) is 17.0 Å². The van der Waals surface area contributed by atoms with Gasteiger partial charge in [-0.05, 0) is 62.2 Å². The molecule has 3 amide bonds. The van der Waals surface area contributed by atoms with Crippen LogP contribution in [-0.4, -0.2) is 68.7 Å². The monoisotopic (exact) mass is 591 g/mol. The largest absolute Gasteiger partial charge is 0.444 e. The number of alkyl halides is 3. The standard InChI is InChI=1S/C28H28F3N3O4S2/c1-27(2,3)38-25(37)33-13-11-32(12-14-33)23(35)20-6-4-5-19(15-20)16-22-24(36)34(26(39)40-22)17-18-7-9-21(10-8-18)28(29,30)31/h4-10,15-16H,11-14,17H2,1-3H3/b22-16-. The lowest BCUT2D eigenvalue weighted by atomic mass is 10.1. The van der Waals surface area contributed by atoms with Crippen LogP contribution in [-0.2, 0) is 22.3 Å². The molecule has 0 aromatic heterocycles. The Balaban J connectivity index is 1.40. The van der Waals surface area contributed by atoms with Gasteiger partial charge in [-0.2, -0.15) is 13.2 Å². The van der Waals surface area contributed by atoms with E-state index in [2.05, 4.69) is 0 Å². The number of thioether (sulfide) groups is 1. The van der Waals surface area contributed by atoms with Crippen LogP contribution in [0.25, 0.3) is 6.08 Å². The normalized spacial score (nSPS) is 17.6. The van der Waals surface area contributed by atoms with Gasteiger partial charge in [0.05, 0.1) is 17.0 Å². The summed E-state index contributed by atoms with van der Waals surface area (Å²) in [6.45, 7) is 6.91. The fourth-order valence-electron chi connectivity index (χ4n) is 4.13. The Kier molecular flexibility index (Phi) is 8.60. The summed E-state index contributed by atoms with van der Waals surface area (Å²) in [7, 11) is 0. The van der Waals surface area contributed by atoms with Gasteiger partial charge in [-0.1, -0.05) is 48.2 Å². The molecule has 0 saturated carbocycles. The van der Waals surface area contributed by atoms with Crippen molar-refractivity contribution in [3.8, 4) is 0 Å². The van der Waals surface area contributed by atoms with Crippen LogP contribution in [0.3, 0.4) is 0 Å². The number of ether oxygens (including phenoxy) is 1. The van der Waals surface area contributed by atoms with Crippen LogP contribution in [0.4, 0.5) is 18.0 Å². The van der Waals surface area contributed by atoms with Gasteiger partial charge in [0.2, 0.25) is 0 Å². The molecule has 2 saturated heterocycles. The zero-order chi connectivity index (χ0) is 29.2. The number of benzene rings is 2. The molecule has 2 aliphatic rings. The van der Waals surface area contributed by atoms with Crippen LogP contribution in [0.5, 0.6) is 0 Å². The topological polar surface area (TPSA) is 70.2 Å². The highest BCUT2D eigenvalue weighted by molar-refractivity contribution is 8.26. The first-order valence-electron chi connectivity index (χ1n) is 12.5. The van der Waals surface area contributed by atoms with Gasteiger partial charge in [-0.3, -0.25) is 14.5 Å². The van der Waals surface area contributed by atoms with E-state index in [9.17, 15) is 27.6 Å². The van der Waals surface area contributed by atoms with E-state index >= 15 is 0 Å². The summed E-state index contributed by atoms with van der Waals surface area (Å²) < 4.78 is 44.2. The molecule has 0 unspecified atom stereocenters. The molecule has 2 aromatic carbocycles. The first kappa shape index (κ1) is 29.6. The van der Waals surface area contributed by atoms with Crippen LogP contribution >= 0.6 is 24.0 Å². The molecule has 2 heterocycles. The predicted octanol–water partition coefficient (Wildman–Crippen LogP) is 5.80. The van der Waals surface area contributed by atoms with Crippen LogP contribution in [0.2, 0.25) is 0 Å². The second-order valence-corrected chi connectivity index (χ2v) is 12.0. The summed E-state index contributed by atoms with van der Waals surface area (Å²) in [4.78, 5) is 43.4. The summed E-state index contributed by atoms with van der Waals surface area (Å²) in [6, 6.07) is 11.5. The zero-order valence-corrected chi connectivity index (χ0v) is 23.8. The van der Waals surface area contributed by atoms with Crippen molar-refractivity contribution in [2.24, 2.45) is 0 Å². The van der Waals surface area contributed by atoms with Crippen LogP contribution in [0.1, 0.15) is 47.8 Å². The van der Waals surface area contributed by atoms with E-state index in [-0.39, 0.29) is 18.4 Å². The number of amides is 3. The number of halogens is 3. The molecule has 0 aliphatic carbocycles. The number of piperazine rings is 1. The van der Waals surface area contributed by atoms with Gasteiger partial charge in [0.25, 0.3) is 11.8 Å². The lowest BCUT2D eigenvalue weighted by molar-refractivity contribution is -0.137. The average molecular weight is 592 g/mol. The van der Waals surface area contributed by atoms with Gasteiger partial charge in [-0.25, -0.2) is 4.79 Å². The number of hydrogen-bond donors (Lipinski definition) is 0. The minimum Gasteiger partial charge on any atom is -0.444 e. The second kappa shape index (κ2) is 11.6. The Labute approximate surface area is 239 Å². The van der Waals surface area contributed by atoms with E-state index in [0.717, 1.165) is 23.9 Å². The number of hydrogen-bond acceptors (Lipinski definition) is 6. The lowest BCUT2D eigenvalue weighted by Crippen LogP contribution is -2.51. The van der Waals surface area contributed by atoms with Crippen molar-refractivity contribution in [2.45, 2.75) is 39.1 Å². The molecule has 2 fully saturated rings. The molecule has 0 N–H and O–H groups in total. The molecule has 2 aromatic rings. The molecule has 2 aliphatic heterocycles. The summed E-state index contributed by atoms with van der Waals surface area (Å²) in [5.41, 5.74) is 0.236. The molecule has 0 atom stereocenters. The Morgan fingerprint density at radius 2 is 1.62 bits per heavy atom. The highest BCUT2D eigenvalue weighted by atomic mass is 32.2. The molecule has 40 heavy (non-hydrogen) atoms. The van der Waals surface area contributed by atoms with E-state index in [1.807, 2.05) is 0 Å². The number of nitrogens with zero attached hydrogens (tertiary/aromatic N) is 3. The molecule has 0 radical (unpaired) electrons. The molecule has 0 bridgehead atoms. The Hall–Kier alpha value is -3.38. The highest BCUT2D eigenvalue weighted by Gasteiger charge is 2.33. The van der Waals surface area contributed by atoms with E-state index in [0.29, 0.717) is 52.1 Å². The minimum absolute atomic E-state index is 0.0495. The minimum atomic E-state index is -4.44. The van der Waals surface area contributed by atoms with Crippen molar-refractivity contribution in [1.29, 1.82) is 0 Å². The van der Waals surface area contributed by atoms with Crippen LogP contribution in [0, 0.1) is 0 Å². The molecule has 0 spiro atoms. The predicted molar refractivity (Wildman–Crippen MR) is 150 cm³/mol. The van der Waals surface area contributed by atoms with Crippen molar-refractivity contribution in [2.75, 3.05) is 26.2 Å². The van der Waals surface area contributed by atoms with Gasteiger partial charge in [-0.15, -0.1) is 0 Å². The molecular formula is C28H28F3N3O4S2. The smallest absolute Gasteiger partial charge is 0.416 e. The highest BCUT2D eigenvalue weighted by Crippen LogP contribution is 2.34. The summed E-state index contributed by atoms with van der Waals surface area (Å²) >= 11 is 6.45. The maximum Gasteiger partial charge on any atom is 0.416 e. The first-order chi connectivity index (χ1) is 18.7. The maximum absolute atomic E-state index is 13.2. The quantitative estimate of drug-likeness (QED) is 0.331. The summed E-state index contributed by atoms with van der Waals surface area (Å²) in [5.74, 6) is -0.543. The number of rotatable bonds is 4. The van der Waals surface area contributed by atoms with Gasteiger partial charge in [0, 0.05) is 31.7 Å².